The number of hydrogen-bond donors (Lipinski definition) is 2. The van der Waals surface area contributed by atoms with Crippen LogP contribution in [0.2, 0.25) is 0 Å². The van der Waals surface area contributed by atoms with E-state index in [9.17, 15) is 10.1 Å². The lowest BCUT2D eigenvalue weighted by atomic mass is 10.00. The molecule has 8 heteroatoms. The summed E-state index contributed by atoms with van der Waals surface area (Å²) in [6.07, 6.45) is 1.81. The van der Waals surface area contributed by atoms with Crippen LogP contribution in [0.5, 0.6) is 5.75 Å². The van der Waals surface area contributed by atoms with E-state index in [0.29, 0.717) is 34.9 Å². The van der Waals surface area contributed by atoms with Gasteiger partial charge in [-0.3, -0.25) is 4.79 Å². The molecule has 34 heavy (non-hydrogen) atoms. The first-order chi connectivity index (χ1) is 16.4. The minimum atomic E-state index is -0.209. The molecule has 1 aliphatic heterocycles. The van der Waals surface area contributed by atoms with Crippen molar-refractivity contribution in [2.75, 3.05) is 12.8 Å². The predicted octanol–water partition coefficient (Wildman–Crippen LogP) is 4.07. The minimum Gasteiger partial charge on any atom is -0.496 e. The number of ether oxygens (including phenoxy) is 2. The van der Waals surface area contributed by atoms with Crippen LogP contribution < -0.4 is 15.8 Å². The summed E-state index contributed by atoms with van der Waals surface area (Å²) < 4.78 is 12.9. The Labute approximate surface area is 199 Å². The molecule has 0 spiro atoms. The molecule has 0 radical (unpaired) electrons. The number of hydrogen-bond acceptors (Lipinski definition) is 6. The average molecular weight is 460 g/mol. The summed E-state index contributed by atoms with van der Waals surface area (Å²) in [5, 5.41) is 17.4. The lowest BCUT2D eigenvalue weighted by molar-refractivity contribution is -0.0502. The van der Waals surface area contributed by atoms with Crippen LogP contribution in [0.25, 0.3) is 11.3 Å². The maximum atomic E-state index is 12.5. The van der Waals surface area contributed by atoms with Gasteiger partial charge < -0.3 is 20.5 Å². The second-order valence-electron chi connectivity index (χ2n) is 8.63. The molecule has 1 aliphatic rings. The summed E-state index contributed by atoms with van der Waals surface area (Å²) in [5.74, 6) is 0.706. The third kappa shape index (κ3) is 4.75. The van der Waals surface area contributed by atoms with E-state index >= 15 is 0 Å². The van der Waals surface area contributed by atoms with Crippen molar-refractivity contribution in [2.45, 2.75) is 51.5 Å². The molecule has 3 N–H and O–H groups in total. The van der Waals surface area contributed by atoms with Gasteiger partial charge in [0.05, 0.1) is 30.9 Å². The van der Waals surface area contributed by atoms with Crippen LogP contribution in [-0.4, -0.2) is 35.0 Å². The molecule has 1 fully saturated rings. The number of nitrogen functional groups attached to an aromatic ring is 1. The summed E-state index contributed by atoms with van der Waals surface area (Å²) >= 11 is 0. The van der Waals surface area contributed by atoms with Gasteiger partial charge in [0.1, 0.15) is 28.9 Å². The summed E-state index contributed by atoms with van der Waals surface area (Å²) in [6, 6.07) is 17.0. The molecule has 1 aromatic heterocycles. The average Bonchev–Trinajstić information content (AvgIpc) is 3.18. The topological polar surface area (TPSA) is 115 Å². The van der Waals surface area contributed by atoms with Gasteiger partial charge >= 0.3 is 0 Å². The van der Waals surface area contributed by atoms with Gasteiger partial charge in [0, 0.05) is 12.1 Å². The van der Waals surface area contributed by atoms with Crippen molar-refractivity contribution in [1.82, 2.24) is 15.1 Å². The number of aromatic nitrogens is 2. The Balaban J connectivity index is 1.50. The minimum absolute atomic E-state index is 0.0871. The molecule has 2 aromatic carbocycles. The molecule has 0 saturated carbocycles. The van der Waals surface area contributed by atoms with Crippen molar-refractivity contribution in [3.8, 4) is 23.1 Å². The highest BCUT2D eigenvalue weighted by Gasteiger charge is 2.29. The van der Waals surface area contributed by atoms with Crippen LogP contribution in [0.3, 0.4) is 0 Å². The van der Waals surface area contributed by atoms with Crippen molar-refractivity contribution >= 4 is 11.7 Å². The molecule has 1 amide bonds. The maximum Gasteiger partial charge on any atom is 0.255 e. The van der Waals surface area contributed by atoms with E-state index in [-0.39, 0.29) is 24.2 Å². The van der Waals surface area contributed by atoms with Crippen LogP contribution in [0, 0.1) is 11.3 Å². The normalized spacial score (nSPS) is 19.9. The fourth-order valence-corrected chi connectivity index (χ4v) is 4.50. The fourth-order valence-electron chi connectivity index (χ4n) is 4.50. The van der Waals surface area contributed by atoms with Gasteiger partial charge in [0.25, 0.3) is 5.91 Å². The molecule has 2 atom stereocenters. The number of nitrogens with two attached hydrogens (primary N) is 1. The summed E-state index contributed by atoms with van der Waals surface area (Å²) in [4.78, 5) is 12.5. The van der Waals surface area contributed by atoms with Gasteiger partial charge in [-0.15, -0.1) is 0 Å². The van der Waals surface area contributed by atoms with E-state index in [1.807, 2.05) is 44.2 Å². The van der Waals surface area contributed by atoms with E-state index < -0.39 is 0 Å². The van der Waals surface area contributed by atoms with Crippen LogP contribution in [0.15, 0.2) is 48.5 Å². The lowest BCUT2D eigenvalue weighted by Gasteiger charge is -2.32. The SMILES string of the molecule is COc1ccccc1C(=O)NCc1ccc(-c2nn(C3CC(C)OC(C)C3)c(N)c2C#N)cc1. The van der Waals surface area contributed by atoms with Crippen molar-refractivity contribution < 1.29 is 14.3 Å². The number of nitrogens with zero attached hydrogens (tertiary/aromatic N) is 3. The van der Waals surface area contributed by atoms with Crippen LogP contribution in [0.1, 0.15) is 54.2 Å². The predicted molar refractivity (Wildman–Crippen MR) is 129 cm³/mol. The molecule has 2 heterocycles. The van der Waals surface area contributed by atoms with E-state index in [2.05, 4.69) is 11.4 Å². The number of nitrogens with one attached hydrogen (secondary N) is 1. The Morgan fingerprint density at radius 1 is 1.21 bits per heavy atom. The number of carbonyl (C=O) groups excluding carboxylic acids is 1. The first-order valence-electron chi connectivity index (χ1n) is 11.3. The van der Waals surface area contributed by atoms with Crippen molar-refractivity contribution in [2.24, 2.45) is 0 Å². The molecule has 1 saturated heterocycles. The zero-order chi connectivity index (χ0) is 24.2. The van der Waals surface area contributed by atoms with Crippen molar-refractivity contribution in [1.29, 1.82) is 5.26 Å². The van der Waals surface area contributed by atoms with Crippen LogP contribution >= 0.6 is 0 Å². The Hall–Kier alpha value is -3.83. The number of anilines is 1. The Kier molecular flexibility index (Phi) is 6.85. The number of nitriles is 1. The number of methoxy groups -OCH3 is 1. The highest BCUT2D eigenvalue weighted by atomic mass is 16.5. The van der Waals surface area contributed by atoms with Crippen molar-refractivity contribution in [3.63, 3.8) is 0 Å². The van der Waals surface area contributed by atoms with E-state index in [0.717, 1.165) is 24.0 Å². The van der Waals surface area contributed by atoms with Crippen molar-refractivity contribution in [3.05, 3.63) is 65.2 Å². The summed E-state index contributed by atoms with van der Waals surface area (Å²) in [5.41, 5.74) is 9.49. The molecule has 8 nitrogen and oxygen atoms in total. The van der Waals surface area contributed by atoms with E-state index in [4.69, 9.17) is 20.3 Å². The van der Waals surface area contributed by atoms with Gasteiger partial charge in [0.15, 0.2) is 0 Å². The summed E-state index contributed by atoms with van der Waals surface area (Å²) in [6.45, 7) is 4.44. The maximum absolute atomic E-state index is 12.5. The monoisotopic (exact) mass is 459 g/mol. The number of rotatable bonds is 6. The van der Waals surface area contributed by atoms with Gasteiger partial charge in [-0.1, -0.05) is 36.4 Å². The Morgan fingerprint density at radius 2 is 1.88 bits per heavy atom. The second-order valence-corrected chi connectivity index (χ2v) is 8.63. The van der Waals surface area contributed by atoms with Crippen LogP contribution in [0.4, 0.5) is 5.82 Å². The second kappa shape index (κ2) is 9.98. The number of benzene rings is 2. The Bertz CT molecular complexity index is 1200. The van der Waals surface area contributed by atoms with Crippen LogP contribution in [-0.2, 0) is 11.3 Å². The largest absolute Gasteiger partial charge is 0.496 e. The molecule has 2 unspecified atom stereocenters. The molecule has 0 bridgehead atoms. The number of carbonyl (C=O) groups is 1. The highest BCUT2D eigenvalue weighted by Crippen LogP contribution is 2.34. The smallest absolute Gasteiger partial charge is 0.255 e. The lowest BCUT2D eigenvalue weighted by Crippen LogP contribution is -2.31. The van der Waals surface area contributed by atoms with Gasteiger partial charge in [0.2, 0.25) is 0 Å². The summed E-state index contributed by atoms with van der Waals surface area (Å²) in [7, 11) is 1.54. The first-order valence-corrected chi connectivity index (χ1v) is 11.3. The third-order valence-corrected chi connectivity index (χ3v) is 6.11. The zero-order valence-electron chi connectivity index (χ0n) is 19.6. The molecular weight excluding hydrogens is 430 g/mol. The molecule has 3 aromatic rings. The van der Waals surface area contributed by atoms with Gasteiger partial charge in [-0.05, 0) is 44.4 Å². The first kappa shape index (κ1) is 23.3. The molecule has 4 rings (SSSR count). The quantitative estimate of drug-likeness (QED) is 0.574. The van der Waals surface area contributed by atoms with Gasteiger partial charge in [-0.2, -0.15) is 10.4 Å². The van der Waals surface area contributed by atoms with Gasteiger partial charge in [-0.25, -0.2) is 4.68 Å². The Morgan fingerprint density at radius 3 is 2.53 bits per heavy atom. The highest BCUT2D eigenvalue weighted by molar-refractivity contribution is 5.96. The van der Waals surface area contributed by atoms with E-state index in [1.165, 1.54) is 7.11 Å². The standard InChI is InChI=1S/C26H29N5O3/c1-16-12-20(13-17(2)34-16)31-25(28)22(14-27)24(30-31)19-10-8-18(9-11-19)15-29-26(32)21-6-4-5-7-23(21)33-3/h4-11,16-17,20H,12-13,15,28H2,1-3H3,(H,29,32). The number of para-hydroxylation sites is 1. The number of amides is 1. The molecular formula is C26H29N5O3. The zero-order valence-corrected chi connectivity index (χ0v) is 19.6. The fraction of sp³-hybridized carbons (Fsp3) is 0.346. The molecule has 176 valence electrons. The third-order valence-electron chi connectivity index (χ3n) is 6.11. The molecule has 0 aliphatic carbocycles. The van der Waals surface area contributed by atoms with E-state index in [1.54, 1.807) is 22.9 Å².